The van der Waals surface area contributed by atoms with Crippen LogP contribution in [0.25, 0.3) is 0 Å². The van der Waals surface area contributed by atoms with Crippen LogP contribution in [0.5, 0.6) is 0 Å². The van der Waals surface area contributed by atoms with Gasteiger partial charge in [0, 0.05) is 12.8 Å². The molecule has 14 heavy (non-hydrogen) atoms. The van der Waals surface area contributed by atoms with Gasteiger partial charge in [-0.05, 0) is 12.8 Å². The van der Waals surface area contributed by atoms with Crippen molar-refractivity contribution in [3.05, 3.63) is 0 Å². The first-order chi connectivity index (χ1) is 6.57. The Labute approximate surface area is 82.1 Å². The summed E-state index contributed by atoms with van der Waals surface area (Å²) in [7, 11) is 1.16. The molecule has 0 aliphatic heterocycles. The molecule has 0 fully saturated rings. The number of ether oxygens (including phenoxy) is 1. The van der Waals surface area contributed by atoms with E-state index in [1.54, 1.807) is 0 Å². The van der Waals surface area contributed by atoms with Gasteiger partial charge >= 0.3 is 11.9 Å². The van der Waals surface area contributed by atoms with Gasteiger partial charge in [-0.1, -0.05) is 6.42 Å². The standard InChI is InChI=1S/C9H14O5/c1-14-9(13)7(10)5-3-2-4-6-8(11)12/h2-6H2,1H3,(H,11,12). The molecule has 5 nitrogen and oxygen atoms in total. The van der Waals surface area contributed by atoms with E-state index in [2.05, 4.69) is 4.74 Å². The summed E-state index contributed by atoms with van der Waals surface area (Å²) in [6, 6.07) is 0. The number of ketones is 1. The minimum absolute atomic E-state index is 0.104. The molecule has 0 amide bonds. The normalized spacial score (nSPS) is 9.50. The lowest BCUT2D eigenvalue weighted by Crippen LogP contribution is -2.14. The van der Waals surface area contributed by atoms with Crippen LogP contribution in [0.1, 0.15) is 32.1 Å². The van der Waals surface area contributed by atoms with Gasteiger partial charge in [-0.15, -0.1) is 0 Å². The number of carbonyl (C=O) groups is 3. The summed E-state index contributed by atoms with van der Waals surface area (Å²) in [4.78, 5) is 31.6. The summed E-state index contributed by atoms with van der Waals surface area (Å²) in [6.07, 6.45) is 1.93. The molecule has 0 unspecified atom stereocenters. The maximum Gasteiger partial charge on any atom is 0.374 e. The number of aliphatic carboxylic acids is 1. The highest BCUT2D eigenvalue weighted by atomic mass is 16.5. The van der Waals surface area contributed by atoms with E-state index in [0.717, 1.165) is 7.11 Å². The molecule has 0 aromatic rings. The van der Waals surface area contributed by atoms with Crippen molar-refractivity contribution in [3.8, 4) is 0 Å². The van der Waals surface area contributed by atoms with E-state index < -0.39 is 17.7 Å². The van der Waals surface area contributed by atoms with Crippen LogP contribution in [0.15, 0.2) is 0 Å². The summed E-state index contributed by atoms with van der Waals surface area (Å²) in [5, 5.41) is 8.31. The third kappa shape index (κ3) is 6.16. The van der Waals surface area contributed by atoms with E-state index >= 15 is 0 Å². The second-order valence-corrected chi connectivity index (χ2v) is 2.87. The largest absolute Gasteiger partial charge is 0.481 e. The SMILES string of the molecule is COC(=O)C(=O)CCCCCC(=O)O. The molecule has 0 spiro atoms. The lowest BCUT2D eigenvalue weighted by atomic mass is 10.1. The summed E-state index contributed by atoms with van der Waals surface area (Å²) >= 11 is 0. The Balaban J connectivity index is 3.41. The number of carboxylic acids is 1. The average molecular weight is 202 g/mol. The molecule has 0 aliphatic rings. The summed E-state index contributed by atoms with van der Waals surface area (Å²) in [5.41, 5.74) is 0. The summed E-state index contributed by atoms with van der Waals surface area (Å²) < 4.78 is 4.22. The number of methoxy groups -OCH3 is 1. The molecule has 0 heterocycles. The van der Waals surface area contributed by atoms with E-state index in [9.17, 15) is 14.4 Å². The van der Waals surface area contributed by atoms with Gasteiger partial charge in [0.05, 0.1) is 7.11 Å². The number of unbranched alkanes of at least 4 members (excludes halogenated alkanes) is 2. The molecule has 0 saturated carbocycles. The van der Waals surface area contributed by atoms with Crippen molar-refractivity contribution < 1.29 is 24.2 Å². The molecule has 0 aliphatic carbocycles. The molecular formula is C9H14O5. The van der Waals surface area contributed by atoms with Crippen LogP contribution in [0.3, 0.4) is 0 Å². The van der Waals surface area contributed by atoms with Gasteiger partial charge in [-0.2, -0.15) is 0 Å². The van der Waals surface area contributed by atoms with E-state index in [4.69, 9.17) is 5.11 Å². The van der Waals surface area contributed by atoms with E-state index in [1.165, 1.54) is 0 Å². The van der Waals surface area contributed by atoms with Crippen LogP contribution in [0.4, 0.5) is 0 Å². The molecule has 0 radical (unpaired) electrons. The number of carbonyl (C=O) groups excluding carboxylic acids is 2. The molecule has 5 heteroatoms. The fraction of sp³-hybridized carbons (Fsp3) is 0.667. The van der Waals surface area contributed by atoms with Crippen molar-refractivity contribution in [3.63, 3.8) is 0 Å². The fourth-order valence-electron chi connectivity index (χ4n) is 0.954. The molecular weight excluding hydrogens is 188 g/mol. The predicted octanol–water partition coefficient (Wildman–Crippen LogP) is 0.764. The monoisotopic (exact) mass is 202 g/mol. The van der Waals surface area contributed by atoms with Crippen LogP contribution in [0, 0.1) is 0 Å². The minimum atomic E-state index is -0.843. The third-order valence-corrected chi connectivity index (χ3v) is 1.71. The zero-order valence-electron chi connectivity index (χ0n) is 8.12. The van der Waals surface area contributed by atoms with Gasteiger partial charge in [0.2, 0.25) is 5.78 Å². The zero-order valence-corrected chi connectivity index (χ0v) is 8.12. The second-order valence-electron chi connectivity index (χ2n) is 2.87. The molecule has 80 valence electrons. The number of rotatable bonds is 7. The number of hydrogen-bond donors (Lipinski definition) is 1. The molecule has 1 N–H and O–H groups in total. The van der Waals surface area contributed by atoms with E-state index in [1.807, 2.05) is 0 Å². The first-order valence-electron chi connectivity index (χ1n) is 4.41. The Bertz CT molecular complexity index is 221. The lowest BCUT2D eigenvalue weighted by Gasteiger charge is -1.98. The highest BCUT2D eigenvalue weighted by molar-refractivity contribution is 6.33. The van der Waals surface area contributed by atoms with Crippen molar-refractivity contribution in [2.24, 2.45) is 0 Å². The molecule has 0 atom stereocenters. The molecule has 0 aromatic heterocycles. The highest BCUT2D eigenvalue weighted by Crippen LogP contribution is 2.03. The fourth-order valence-corrected chi connectivity index (χ4v) is 0.954. The van der Waals surface area contributed by atoms with Crippen molar-refractivity contribution >= 4 is 17.7 Å². The van der Waals surface area contributed by atoms with Crippen LogP contribution >= 0.6 is 0 Å². The van der Waals surface area contributed by atoms with Crippen LogP contribution in [-0.4, -0.2) is 29.9 Å². The Kier molecular flexibility index (Phi) is 6.36. The summed E-state index contributed by atoms with van der Waals surface area (Å²) in [5.74, 6) is -2.23. The maximum atomic E-state index is 10.9. The summed E-state index contributed by atoms with van der Waals surface area (Å²) in [6.45, 7) is 0. The van der Waals surface area contributed by atoms with Gasteiger partial charge in [-0.3, -0.25) is 9.59 Å². The lowest BCUT2D eigenvalue weighted by molar-refractivity contribution is -0.151. The van der Waals surface area contributed by atoms with Gasteiger partial charge < -0.3 is 9.84 Å². The number of Topliss-reactive ketones (excluding diaryl/α,β-unsaturated/α-hetero) is 1. The highest BCUT2D eigenvalue weighted by Gasteiger charge is 2.12. The molecule has 0 bridgehead atoms. The van der Waals surface area contributed by atoms with Gasteiger partial charge in [0.1, 0.15) is 0 Å². The third-order valence-electron chi connectivity index (χ3n) is 1.71. The minimum Gasteiger partial charge on any atom is -0.481 e. The first kappa shape index (κ1) is 12.6. The number of hydrogen-bond acceptors (Lipinski definition) is 4. The van der Waals surface area contributed by atoms with Crippen LogP contribution in [-0.2, 0) is 19.1 Å². The quantitative estimate of drug-likeness (QED) is 0.374. The average Bonchev–Trinajstić information content (AvgIpc) is 2.15. The first-order valence-corrected chi connectivity index (χ1v) is 4.41. The molecule has 0 rings (SSSR count). The van der Waals surface area contributed by atoms with Crippen LogP contribution in [0.2, 0.25) is 0 Å². The smallest absolute Gasteiger partial charge is 0.374 e. The Morgan fingerprint density at radius 2 is 1.64 bits per heavy atom. The van der Waals surface area contributed by atoms with Crippen LogP contribution < -0.4 is 0 Å². The topological polar surface area (TPSA) is 80.7 Å². The van der Waals surface area contributed by atoms with E-state index in [-0.39, 0.29) is 12.8 Å². The number of carboxylic acid groups (broad SMARTS) is 1. The Hall–Kier alpha value is -1.39. The van der Waals surface area contributed by atoms with Gasteiger partial charge in [0.15, 0.2) is 0 Å². The van der Waals surface area contributed by atoms with Gasteiger partial charge in [-0.25, -0.2) is 4.79 Å². The van der Waals surface area contributed by atoms with Gasteiger partial charge in [0.25, 0.3) is 0 Å². The van der Waals surface area contributed by atoms with E-state index in [0.29, 0.717) is 19.3 Å². The van der Waals surface area contributed by atoms with Crippen molar-refractivity contribution in [1.29, 1.82) is 0 Å². The van der Waals surface area contributed by atoms with Crippen molar-refractivity contribution in [2.75, 3.05) is 7.11 Å². The Morgan fingerprint density at radius 3 is 2.14 bits per heavy atom. The predicted molar refractivity (Wildman–Crippen MR) is 47.7 cm³/mol. The Morgan fingerprint density at radius 1 is 1.07 bits per heavy atom. The molecule has 0 saturated heterocycles. The zero-order chi connectivity index (χ0) is 11.0. The number of esters is 1. The van der Waals surface area contributed by atoms with Crippen molar-refractivity contribution in [2.45, 2.75) is 32.1 Å². The second kappa shape index (κ2) is 7.06. The maximum absolute atomic E-state index is 10.9. The van der Waals surface area contributed by atoms with Crippen molar-refractivity contribution in [1.82, 2.24) is 0 Å². The molecule has 0 aromatic carbocycles.